The minimum Gasteiger partial charge on any atom is -0.488 e. The third kappa shape index (κ3) is 4.09. The summed E-state index contributed by atoms with van der Waals surface area (Å²) in [5.74, 6) is 2.24. The summed E-state index contributed by atoms with van der Waals surface area (Å²) < 4.78 is 7.89. The van der Waals surface area contributed by atoms with E-state index in [0.29, 0.717) is 23.3 Å². The molecule has 0 amide bonds. The molecule has 1 aliphatic rings. The Morgan fingerprint density at radius 3 is 2.65 bits per heavy atom. The van der Waals surface area contributed by atoms with Crippen LogP contribution in [0.25, 0.3) is 22.4 Å². The molecular weight excluding hydrogens is 394 g/mol. The van der Waals surface area contributed by atoms with Gasteiger partial charge in [0.2, 0.25) is 0 Å². The quantitative estimate of drug-likeness (QED) is 0.471. The molecule has 1 aromatic carbocycles. The standard InChI is InChI=1S/C21H23N9O/c1-30-21(27-28-29-30)13-2-7-19(25-12-13)26-15-3-5-16(6-4-15)31-18-11-14(22)10-17-20(18)24-9-8-23-17/h2,7-12,15-16H,3-6,22H2,1H3,(H,25,26). The van der Waals surface area contributed by atoms with E-state index in [1.54, 1.807) is 30.3 Å². The van der Waals surface area contributed by atoms with Gasteiger partial charge in [0.1, 0.15) is 17.1 Å². The number of anilines is 2. The van der Waals surface area contributed by atoms with Gasteiger partial charge in [-0.15, -0.1) is 5.10 Å². The zero-order chi connectivity index (χ0) is 21.2. The number of tetrazole rings is 1. The number of nitrogens with zero attached hydrogens (tertiary/aromatic N) is 7. The first-order valence-corrected chi connectivity index (χ1v) is 10.3. The molecule has 1 aliphatic carbocycles. The molecule has 4 aromatic rings. The number of nitrogens with one attached hydrogen (secondary N) is 1. The van der Waals surface area contributed by atoms with Crippen molar-refractivity contribution >= 4 is 22.5 Å². The first-order valence-electron chi connectivity index (χ1n) is 10.3. The van der Waals surface area contributed by atoms with Gasteiger partial charge in [-0.3, -0.25) is 4.98 Å². The fraction of sp³-hybridized carbons (Fsp3) is 0.333. The molecule has 0 saturated heterocycles. The highest BCUT2D eigenvalue weighted by Gasteiger charge is 2.23. The molecule has 3 heterocycles. The molecule has 0 spiro atoms. The predicted octanol–water partition coefficient (Wildman–Crippen LogP) is 2.60. The number of fused-ring (bicyclic) bond motifs is 1. The van der Waals surface area contributed by atoms with Crippen LogP contribution < -0.4 is 15.8 Å². The van der Waals surface area contributed by atoms with Gasteiger partial charge < -0.3 is 15.8 Å². The van der Waals surface area contributed by atoms with Gasteiger partial charge in [0.05, 0.1) is 11.6 Å². The second kappa shape index (κ2) is 8.13. The van der Waals surface area contributed by atoms with E-state index in [4.69, 9.17) is 10.5 Å². The number of aryl methyl sites for hydroxylation is 1. The number of nitrogens with two attached hydrogens (primary N) is 1. The van der Waals surface area contributed by atoms with E-state index in [-0.39, 0.29) is 6.10 Å². The SMILES string of the molecule is Cn1nnnc1-c1ccc(NC2CCC(Oc3cc(N)cc4nccnc34)CC2)nc1. The summed E-state index contributed by atoms with van der Waals surface area (Å²) in [6.45, 7) is 0. The average Bonchev–Trinajstić information content (AvgIpc) is 3.21. The van der Waals surface area contributed by atoms with Crippen LogP contribution >= 0.6 is 0 Å². The number of hydrogen-bond acceptors (Lipinski definition) is 9. The number of nitrogen functional groups attached to an aromatic ring is 1. The van der Waals surface area contributed by atoms with E-state index in [0.717, 1.165) is 48.1 Å². The summed E-state index contributed by atoms with van der Waals surface area (Å²) in [7, 11) is 1.81. The summed E-state index contributed by atoms with van der Waals surface area (Å²) in [5.41, 5.74) is 9.02. The third-order valence-corrected chi connectivity index (χ3v) is 5.52. The zero-order valence-corrected chi connectivity index (χ0v) is 17.1. The molecule has 5 rings (SSSR count). The molecule has 158 valence electrons. The van der Waals surface area contributed by atoms with Gasteiger partial charge >= 0.3 is 0 Å². The average molecular weight is 417 g/mol. The van der Waals surface area contributed by atoms with Crippen LogP contribution in [0.15, 0.2) is 42.9 Å². The van der Waals surface area contributed by atoms with Gasteiger partial charge in [-0.2, -0.15) is 0 Å². The van der Waals surface area contributed by atoms with Gasteiger partial charge in [0.15, 0.2) is 5.82 Å². The second-order valence-electron chi connectivity index (χ2n) is 7.74. The Labute approximate surface area is 178 Å². The van der Waals surface area contributed by atoms with Crippen molar-refractivity contribution in [3.05, 3.63) is 42.9 Å². The Hall–Kier alpha value is -3.82. The topological polar surface area (TPSA) is 130 Å². The summed E-state index contributed by atoms with van der Waals surface area (Å²) in [6.07, 6.45) is 9.12. The van der Waals surface area contributed by atoms with E-state index >= 15 is 0 Å². The van der Waals surface area contributed by atoms with Crippen LogP contribution in [0.5, 0.6) is 5.75 Å². The van der Waals surface area contributed by atoms with Crippen LogP contribution in [-0.4, -0.2) is 47.3 Å². The first-order chi connectivity index (χ1) is 15.2. The van der Waals surface area contributed by atoms with Crippen molar-refractivity contribution in [3.8, 4) is 17.1 Å². The van der Waals surface area contributed by atoms with E-state index in [2.05, 4.69) is 35.8 Å². The first kappa shape index (κ1) is 19.2. The number of benzene rings is 1. The normalized spacial score (nSPS) is 18.7. The van der Waals surface area contributed by atoms with Crippen LogP contribution in [-0.2, 0) is 7.05 Å². The molecule has 10 nitrogen and oxygen atoms in total. The van der Waals surface area contributed by atoms with E-state index in [1.165, 1.54) is 0 Å². The molecule has 0 radical (unpaired) electrons. The smallest absolute Gasteiger partial charge is 0.183 e. The highest BCUT2D eigenvalue weighted by molar-refractivity contribution is 5.84. The van der Waals surface area contributed by atoms with Crippen molar-refractivity contribution in [2.45, 2.75) is 37.8 Å². The number of hydrogen-bond donors (Lipinski definition) is 2. The lowest BCUT2D eigenvalue weighted by Crippen LogP contribution is -2.31. The van der Waals surface area contributed by atoms with E-state index in [9.17, 15) is 0 Å². The van der Waals surface area contributed by atoms with Gasteiger partial charge in [-0.25, -0.2) is 14.6 Å². The van der Waals surface area contributed by atoms with Crippen LogP contribution in [0.3, 0.4) is 0 Å². The predicted molar refractivity (Wildman–Crippen MR) is 116 cm³/mol. The minimum atomic E-state index is 0.129. The summed E-state index contributed by atoms with van der Waals surface area (Å²) in [5, 5.41) is 15.1. The van der Waals surface area contributed by atoms with Gasteiger partial charge in [-0.1, -0.05) is 0 Å². The highest BCUT2D eigenvalue weighted by atomic mass is 16.5. The van der Waals surface area contributed by atoms with Crippen molar-refractivity contribution < 1.29 is 4.74 Å². The maximum Gasteiger partial charge on any atom is 0.183 e. The fourth-order valence-electron chi connectivity index (χ4n) is 3.95. The maximum atomic E-state index is 6.27. The van der Waals surface area contributed by atoms with Crippen LogP contribution in [0.2, 0.25) is 0 Å². The number of ether oxygens (including phenoxy) is 1. The van der Waals surface area contributed by atoms with Gasteiger partial charge in [0, 0.05) is 49.0 Å². The van der Waals surface area contributed by atoms with Crippen LogP contribution in [0, 0.1) is 0 Å². The molecule has 0 atom stereocenters. The third-order valence-electron chi connectivity index (χ3n) is 5.52. The van der Waals surface area contributed by atoms with Crippen molar-refractivity contribution in [2.24, 2.45) is 7.05 Å². The molecule has 31 heavy (non-hydrogen) atoms. The van der Waals surface area contributed by atoms with Crippen LogP contribution in [0.4, 0.5) is 11.5 Å². The van der Waals surface area contributed by atoms with Crippen LogP contribution in [0.1, 0.15) is 25.7 Å². The van der Waals surface area contributed by atoms with Gasteiger partial charge in [0.25, 0.3) is 0 Å². The van der Waals surface area contributed by atoms with E-state index in [1.807, 2.05) is 24.3 Å². The molecule has 0 unspecified atom stereocenters. The largest absolute Gasteiger partial charge is 0.488 e. The van der Waals surface area contributed by atoms with Crippen molar-refractivity contribution in [3.63, 3.8) is 0 Å². The Balaban J connectivity index is 1.19. The van der Waals surface area contributed by atoms with Gasteiger partial charge in [-0.05, 0) is 54.3 Å². The molecular formula is C21H23N9O. The Morgan fingerprint density at radius 1 is 1.06 bits per heavy atom. The number of rotatable bonds is 5. The summed E-state index contributed by atoms with van der Waals surface area (Å²) >= 11 is 0. The maximum absolute atomic E-state index is 6.27. The monoisotopic (exact) mass is 417 g/mol. The lowest BCUT2D eigenvalue weighted by atomic mass is 9.93. The minimum absolute atomic E-state index is 0.129. The number of pyridine rings is 1. The highest BCUT2D eigenvalue weighted by Crippen LogP contribution is 2.31. The molecule has 1 fully saturated rings. The molecule has 1 saturated carbocycles. The molecule has 10 heteroatoms. The molecule has 0 aliphatic heterocycles. The molecule has 0 bridgehead atoms. The lowest BCUT2D eigenvalue weighted by molar-refractivity contribution is 0.152. The summed E-state index contributed by atoms with van der Waals surface area (Å²) in [6, 6.07) is 7.94. The van der Waals surface area contributed by atoms with Crippen molar-refractivity contribution in [1.82, 2.24) is 35.2 Å². The molecule has 3 aromatic heterocycles. The zero-order valence-electron chi connectivity index (χ0n) is 17.1. The fourth-order valence-corrected chi connectivity index (χ4v) is 3.95. The second-order valence-corrected chi connectivity index (χ2v) is 7.74. The van der Waals surface area contributed by atoms with E-state index < -0.39 is 0 Å². The summed E-state index contributed by atoms with van der Waals surface area (Å²) in [4.78, 5) is 13.3. The Morgan fingerprint density at radius 2 is 1.90 bits per heavy atom. The number of aromatic nitrogens is 7. The van der Waals surface area contributed by atoms with Crippen molar-refractivity contribution in [2.75, 3.05) is 11.1 Å². The lowest BCUT2D eigenvalue weighted by Gasteiger charge is -2.30. The van der Waals surface area contributed by atoms with Crippen molar-refractivity contribution in [1.29, 1.82) is 0 Å². The Bertz CT molecular complexity index is 1180. The molecule has 3 N–H and O–H groups in total. The Kier molecular flexibility index (Phi) is 5.03.